The molecule has 13 heteroatoms. The zero-order valence-corrected chi connectivity index (χ0v) is 27.9. The lowest BCUT2D eigenvalue weighted by Crippen LogP contribution is -2.06. The second-order valence-electron chi connectivity index (χ2n) is 9.69. The molecule has 0 radical (unpaired) electrons. The van der Waals surface area contributed by atoms with Gasteiger partial charge in [0.15, 0.2) is 11.6 Å². The highest BCUT2D eigenvalue weighted by molar-refractivity contribution is 7.48. The van der Waals surface area contributed by atoms with Gasteiger partial charge in [0.2, 0.25) is 0 Å². The molecule has 0 amide bonds. The number of methoxy groups -OCH3 is 2. The Bertz CT molecular complexity index is 1650. The first-order valence-electron chi connectivity index (χ1n) is 13.4. The summed E-state index contributed by atoms with van der Waals surface area (Å²) in [4.78, 5) is 36.3. The molecule has 236 valence electrons. The van der Waals surface area contributed by atoms with Crippen molar-refractivity contribution in [2.24, 2.45) is 0 Å². The molecule has 0 fully saturated rings. The van der Waals surface area contributed by atoms with Crippen molar-refractivity contribution in [3.8, 4) is 23.0 Å². The van der Waals surface area contributed by atoms with Crippen LogP contribution in [0.1, 0.15) is 44.7 Å². The van der Waals surface area contributed by atoms with Gasteiger partial charge in [-0.25, -0.2) is 4.57 Å². The van der Waals surface area contributed by atoms with Crippen LogP contribution >= 0.6 is 54.2 Å². The number of Topliss-reactive ketones (excluding diaryl/α,β-unsaturated/α-hetero) is 2. The number of benzene rings is 4. The van der Waals surface area contributed by atoms with Crippen molar-refractivity contribution in [1.82, 2.24) is 0 Å². The van der Waals surface area contributed by atoms with Crippen LogP contribution in [0.15, 0.2) is 72.8 Å². The first kappa shape index (κ1) is 34.6. The number of rotatable bonds is 14. The summed E-state index contributed by atoms with van der Waals surface area (Å²) in [6.07, 6.45) is 1.02. The first-order valence-corrected chi connectivity index (χ1v) is 16.4. The molecule has 4 aromatic carbocycles. The van der Waals surface area contributed by atoms with Gasteiger partial charge in [-0.15, -0.1) is 0 Å². The molecule has 8 nitrogen and oxygen atoms in total. The molecule has 0 aliphatic carbocycles. The summed E-state index contributed by atoms with van der Waals surface area (Å²) in [6.45, 7) is 0. The fourth-order valence-corrected chi connectivity index (χ4v) is 6.22. The molecule has 0 saturated carbocycles. The first-order chi connectivity index (χ1) is 21.4. The third kappa shape index (κ3) is 9.39. The smallest absolute Gasteiger partial charge is 0.496 e. The van der Waals surface area contributed by atoms with Gasteiger partial charge >= 0.3 is 7.82 Å². The van der Waals surface area contributed by atoms with E-state index < -0.39 is 7.82 Å². The number of carbonyl (C=O) groups is 2. The van der Waals surface area contributed by atoms with Gasteiger partial charge in [0, 0.05) is 45.1 Å². The van der Waals surface area contributed by atoms with Crippen LogP contribution in [0.5, 0.6) is 23.0 Å². The highest BCUT2D eigenvalue weighted by Crippen LogP contribution is 2.46. The predicted octanol–water partition coefficient (Wildman–Crippen LogP) is 9.51. The minimum Gasteiger partial charge on any atom is -0.496 e. The van der Waals surface area contributed by atoms with Crippen molar-refractivity contribution >= 4 is 65.8 Å². The molecule has 0 spiro atoms. The Balaban J connectivity index is 1.40. The number of aryl methyl sites for hydroxylation is 2. The molecule has 1 N–H and O–H groups in total. The number of halogens is 4. The summed E-state index contributed by atoms with van der Waals surface area (Å²) in [5.74, 6) is -0.325. The van der Waals surface area contributed by atoms with E-state index in [9.17, 15) is 19.0 Å². The summed E-state index contributed by atoms with van der Waals surface area (Å²) >= 11 is 24.3. The second-order valence-corrected chi connectivity index (χ2v) is 12.7. The third-order valence-electron chi connectivity index (χ3n) is 6.66. The third-order valence-corrected chi connectivity index (χ3v) is 8.72. The minimum atomic E-state index is -4.73. The monoisotopic (exact) mass is 710 g/mol. The van der Waals surface area contributed by atoms with E-state index in [4.69, 9.17) is 64.9 Å². The zero-order chi connectivity index (χ0) is 32.7. The van der Waals surface area contributed by atoms with Gasteiger partial charge in [0.1, 0.15) is 23.0 Å². The van der Waals surface area contributed by atoms with E-state index in [0.29, 0.717) is 32.9 Å². The van der Waals surface area contributed by atoms with Gasteiger partial charge in [0.25, 0.3) is 0 Å². The quantitative estimate of drug-likeness (QED) is 0.102. The van der Waals surface area contributed by atoms with Crippen molar-refractivity contribution in [2.75, 3.05) is 14.2 Å². The maximum absolute atomic E-state index is 12.9. The number of ether oxygens (including phenoxy) is 2. The largest absolute Gasteiger partial charge is 0.584 e. The normalized spacial score (nSPS) is 11.2. The van der Waals surface area contributed by atoms with E-state index in [-0.39, 0.29) is 58.5 Å². The average molecular weight is 712 g/mol. The topological polar surface area (TPSA) is 108 Å². The Morgan fingerprint density at radius 3 is 1.40 bits per heavy atom. The Morgan fingerprint density at radius 1 is 0.644 bits per heavy atom. The SMILES string of the molecule is COc1cc(OP(=O)(O)Oc2ccc(C(=O)CCc3ccc(Cl)cc3Cl)c(OC)c2)ccc1C(=O)CCc1ccc(Cl)cc1Cl. The van der Waals surface area contributed by atoms with E-state index in [1.165, 1.54) is 50.6 Å². The van der Waals surface area contributed by atoms with Crippen LogP contribution in [0.25, 0.3) is 0 Å². The molecule has 4 aromatic rings. The van der Waals surface area contributed by atoms with Gasteiger partial charge in [0.05, 0.1) is 25.3 Å². The summed E-state index contributed by atoms with van der Waals surface area (Å²) < 4.78 is 34.0. The highest BCUT2D eigenvalue weighted by Gasteiger charge is 2.27. The lowest BCUT2D eigenvalue weighted by Gasteiger charge is -2.16. The molecular weight excluding hydrogens is 685 g/mol. The van der Waals surface area contributed by atoms with E-state index in [2.05, 4.69) is 0 Å². The lowest BCUT2D eigenvalue weighted by atomic mass is 10.0. The molecule has 0 bridgehead atoms. The van der Waals surface area contributed by atoms with Crippen LogP contribution < -0.4 is 18.5 Å². The molecule has 0 heterocycles. The van der Waals surface area contributed by atoms with E-state index in [1.807, 2.05) is 0 Å². The van der Waals surface area contributed by atoms with Crippen LogP contribution in [0.3, 0.4) is 0 Å². The van der Waals surface area contributed by atoms with Gasteiger partial charge < -0.3 is 18.5 Å². The van der Waals surface area contributed by atoms with Crippen LogP contribution in [-0.2, 0) is 17.4 Å². The second kappa shape index (κ2) is 15.4. The van der Waals surface area contributed by atoms with Crippen molar-refractivity contribution in [2.45, 2.75) is 25.7 Å². The van der Waals surface area contributed by atoms with Crippen molar-refractivity contribution < 1.29 is 37.6 Å². The summed E-state index contributed by atoms with van der Waals surface area (Å²) in [5, 5.41) is 1.92. The Labute approximate surface area is 280 Å². The van der Waals surface area contributed by atoms with Gasteiger partial charge in [-0.2, -0.15) is 0 Å². The van der Waals surface area contributed by atoms with Gasteiger partial charge in [-0.3, -0.25) is 14.5 Å². The fraction of sp³-hybridized carbons (Fsp3) is 0.188. The number of hydrogen-bond acceptors (Lipinski definition) is 7. The Kier molecular flexibility index (Phi) is 11.8. The van der Waals surface area contributed by atoms with Crippen molar-refractivity contribution in [1.29, 1.82) is 0 Å². The number of phosphoric ester groups is 1. The molecule has 0 unspecified atom stereocenters. The number of phosphoric acid groups is 1. The van der Waals surface area contributed by atoms with E-state index in [1.54, 1.807) is 36.4 Å². The fourth-order valence-electron chi connectivity index (χ4n) is 4.42. The molecule has 0 atom stereocenters. The molecule has 0 aliphatic heterocycles. The minimum absolute atomic E-state index is 0.0744. The number of hydrogen-bond donors (Lipinski definition) is 1. The molecule has 0 aliphatic rings. The Morgan fingerprint density at radius 2 is 1.04 bits per heavy atom. The summed E-state index contributed by atoms with van der Waals surface area (Å²) in [7, 11) is -2.01. The van der Waals surface area contributed by atoms with Crippen molar-refractivity contribution in [3.05, 3.63) is 115 Å². The molecule has 0 saturated heterocycles. The lowest BCUT2D eigenvalue weighted by molar-refractivity contribution is 0.0971. The van der Waals surface area contributed by atoms with Crippen LogP contribution in [0.2, 0.25) is 20.1 Å². The van der Waals surface area contributed by atoms with Crippen molar-refractivity contribution in [3.63, 3.8) is 0 Å². The molecular formula is C32H27Cl4O8P. The van der Waals surface area contributed by atoms with Crippen LogP contribution in [0, 0.1) is 0 Å². The number of carbonyl (C=O) groups excluding carboxylic acids is 2. The average Bonchev–Trinajstić information content (AvgIpc) is 2.99. The zero-order valence-electron chi connectivity index (χ0n) is 24.0. The maximum atomic E-state index is 12.9. The van der Waals surface area contributed by atoms with Crippen LogP contribution in [0.4, 0.5) is 0 Å². The number of ketones is 2. The Hall–Kier alpha value is -3.23. The maximum Gasteiger partial charge on any atom is 0.584 e. The molecule has 0 aromatic heterocycles. The van der Waals surface area contributed by atoms with E-state index >= 15 is 0 Å². The molecule has 45 heavy (non-hydrogen) atoms. The predicted molar refractivity (Wildman–Crippen MR) is 175 cm³/mol. The van der Waals surface area contributed by atoms with Crippen LogP contribution in [-0.4, -0.2) is 30.7 Å². The standard InChI is InChI=1S/C32H27Cl4O8P/c1-41-31-17-23(9-11-25(31)29(37)13-5-19-3-7-21(33)15-27(19)35)43-45(39,40)44-24-10-12-26(32(18-24)42-2)30(38)14-6-20-4-8-22(34)16-28(20)36/h3-4,7-12,15-18H,5-6,13-14H2,1-2H3,(H,39,40). The summed E-state index contributed by atoms with van der Waals surface area (Å²) in [5.41, 5.74) is 2.05. The van der Waals surface area contributed by atoms with Gasteiger partial charge in [-0.05, 0) is 72.5 Å². The van der Waals surface area contributed by atoms with E-state index in [0.717, 1.165) is 11.1 Å². The highest BCUT2D eigenvalue weighted by atomic mass is 35.5. The molecule has 4 rings (SSSR count). The summed E-state index contributed by atoms with van der Waals surface area (Å²) in [6, 6.07) is 18.3. The van der Waals surface area contributed by atoms with Gasteiger partial charge in [-0.1, -0.05) is 58.5 Å².